The van der Waals surface area contributed by atoms with E-state index < -0.39 is 0 Å². The van der Waals surface area contributed by atoms with Crippen LogP contribution in [0.1, 0.15) is 13.3 Å². The summed E-state index contributed by atoms with van der Waals surface area (Å²) in [4.78, 5) is 4.20. The van der Waals surface area contributed by atoms with Gasteiger partial charge in [0.2, 0.25) is 0 Å². The van der Waals surface area contributed by atoms with Crippen molar-refractivity contribution < 1.29 is 0 Å². The predicted octanol–water partition coefficient (Wildman–Crippen LogP) is 3.51. The van der Waals surface area contributed by atoms with E-state index in [1.54, 1.807) is 6.20 Å². The van der Waals surface area contributed by atoms with Crippen LogP contribution in [-0.4, -0.2) is 21.7 Å². The van der Waals surface area contributed by atoms with Crippen LogP contribution < -0.4 is 5.32 Å². The Bertz CT molecular complexity index is 702. The lowest BCUT2D eigenvalue weighted by Gasteiger charge is -2.06. The van der Waals surface area contributed by atoms with Crippen molar-refractivity contribution in [2.75, 3.05) is 11.9 Å². The first kappa shape index (κ1) is 12.5. The Morgan fingerprint density at radius 2 is 2.00 bits per heavy atom. The Hall–Kier alpha value is -2.49. The molecule has 0 radical (unpaired) electrons. The number of nitrogens with zero attached hydrogens (tertiary/aromatic N) is 3. The normalized spacial score (nSPS) is 10.7. The summed E-state index contributed by atoms with van der Waals surface area (Å²) in [5.41, 5.74) is 1.93. The SMILES string of the molecule is CCCNc1ccc(-c2cccc3ccncc23)nn1. The summed E-state index contributed by atoms with van der Waals surface area (Å²) in [5, 5.41) is 14.0. The Kier molecular flexibility index (Phi) is 3.54. The second kappa shape index (κ2) is 5.65. The van der Waals surface area contributed by atoms with E-state index in [0.29, 0.717) is 0 Å². The smallest absolute Gasteiger partial charge is 0.148 e. The molecule has 3 rings (SSSR count). The first-order chi connectivity index (χ1) is 9.88. The minimum Gasteiger partial charge on any atom is -0.369 e. The average Bonchev–Trinajstić information content (AvgIpc) is 2.53. The van der Waals surface area contributed by atoms with E-state index in [-0.39, 0.29) is 0 Å². The summed E-state index contributed by atoms with van der Waals surface area (Å²) in [6.45, 7) is 3.03. The Balaban J connectivity index is 1.98. The van der Waals surface area contributed by atoms with Gasteiger partial charge in [0.25, 0.3) is 0 Å². The van der Waals surface area contributed by atoms with Gasteiger partial charge in [0.15, 0.2) is 0 Å². The molecule has 2 heterocycles. The molecular weight excluding hydrogens is 248 g/mol. The van der Waals surface area contributed by atoms with E-state index in [9.17, 15) is 0 Å². The highest BCUT2D eigenvalue weighted by Gasteiger charge is 2.05. The fraction of sp³-hybridized carbons (Fsp3) is 0.188. The van der Waals surface area contributed by atoms with Crippen molar-refractivity contribution in [2.24, 2.45) is 0 Å². The van der Waals surface area contributed by atoms with E-state index in [1.807, 2.05) is 36.5 Å². The second-order valence-electron chi connectivity index (χ2n) is 4.63. The molecule has 1 aromatic carbocycles. The molecule has 0 saturated carbocycles. The minimum atomic E-state index is 0.814. The highest BCUT2D eigenvalue weighted by Crippen LogP contribution is 2.26. The van der Waals surface area contributed by atoms with Crippen LogP contribution in [-0.2, 0) is 0 Å². The lowest BCUT2D eigenvalue weighted by Crippen LogP contribution is -2.02. The van der Waals surface area contributed by atoms with Crippen molar-refractivity contribution in [1.29, 1.82) is 0 Å². The zero-order valence-electron chi connectivity index (χ0n) is 11.4. The van der Waals surface area contributed by atoms with Gasteiger partial charge in [-0.05, 0) is 30.0 Å². The molecule has 0 unspecified atom stereocenters. The van der Waals surface area contributed by atoms with E-state index >= 15 is 0 Å². The van der Waals surface area contributed by atoms with Gasteiger partial charge < -0.3 is 5.32 Å². The van der Waals surface area contributed by atoms with Crippen molar-refractivity contribution in [3.8, 4) is 11.3 Å². The molecular formula is C16H16N4. The van der Waals surface area contributed by atoms with Gasteiger partial charge in [-0.1, -0.05) is 25.1 Å². The molecule has 100 valence electrons. The van der Waals surface area contributed by atoms with Crippen LogP contribution in [0.3, 0.4) is 0 Å². The van der Waals surface area contributed by atoms with Crippen LogP contribution in [0.25, 0.3) is 22.0 Å². The summed E-state index contributed by atoms with van der Waals surface area (Å²) in [6.07, 6.45) is 4.74. The van der Waals surface area contributed by atoms with Gasteiger partial charge in [-0.15, -0.1) is 10.2 Å². The van der Waals surface area contributed by atoms with Gasteiger partial charge in [0.1, 0.15) is 5.82 Å². The molecule has 4 nitrogen and oxygen atoms in total. The summed E-state index contributed by atoms with van der Waals surface area (Å²) >= 11 is 0. The molecule has 0 atom stereocenters. The second-order valence-corrected chi connectivity index (χ2v) is 4.63. The van der Waals surface area contributed by atoms with Crippen LogP contribution in [0.4, 0.5) is 5.82 Å². The van der Waals surface area contributed by atoms with Crippen molar-refractivity contribution in [2.45, 2.75) is 13.3 Å². The van der Waals surface area contributed by atoms with Gasteiger partial charge in [-0.25, -0.2) is 0 Å². The standard InChI is InChI=1S/C16H16N4/c1-2-9-18-16-7-6-15(19-20-16)13-5-3-4-12-8-10-17-11-14(12)13/h3-8,10-11H,2,9H2,1H3,(H,18,20). The quantitative estimate of drug-likeness (QED) is 0.783. The first-order valence-electron chi connectivity index (χ1n) is 6.79. The highest BCUT2D eigenvalue weighted by molar-refractivity contribution is 5.95. The first-order valence-corrected chi connectivity index (χ1v) is 6.79. The number of anilines is 1. The van der Waals surface area contributed by atoms with Gasteiger partial charge in [-0.3, -0.25) is 4.98 Å². The molecule has 0 aliphatic rings. The lowest BCUT2D eigenvalue weighted by molar-refractivity contribution is 0.946. The van der Waals surface area contributed by atoms with Gasteiger partial charge >= 0.3 is 0 Å². The van der Waals surface area contributed by atoms with Crippen LogP contribution in [0.5, 0.6) is 0 Å². The molecule has 2 aromatic heterocycles. The molecule has 4 heteroatoms. The molecule has 0 bridgehead atoms. The van der Waals surface area contributed by atoms with Crippen LogP contribution in [0.15, 0.2) is 48.8 Å². The molecule has 0 saturated heterocycles. The number of rotatable bonds is 4. The Morgan fingerprint density at radius 1 is 1.05 bits per heavy atom. The summed E-state index contributed by atoms with van der Waals surface area (Å²) in [5.74, 6) is 0.814. The molecule has 0 spiro atoms. The molecule has 3 aromatic rings. The minimum absolute atomic E-state index is 0.814. The zero-order chi connectivity index (χ0) is 13.8. The third-order valence-corrected chi connectivity index (χ3v) is 3.18. The number of hydrogen-bond acceptors (Lipinski definition) is 4. The van der Waals surface area contributed by atoms with E-state index in [4.69, 9.17) is 0 Å². The van der Waals surface area contributed by atoms with Crippen LogP contribution >= 0.6 is 0 Å². The molecule has 0 amide bonds. The maximum Gasteiger partial charge on any atom is 0.148 e. The topological polar surface area (TPSA) is 50.7 Å². The number of aromatic nitrogens is 3. The predicted molar refractivity (Wildman–Crippen MR) is 81.5 cm³/mol. The molecule has 0 aliphatic carbocycles. The van der Waals surface area contributed by atoms with E-state index in [1.165, 1.54) is 0 Å². The van der Waals surface area contributed by atoms with Crippen LogP contribution in [0.2, 0.25) is 0 Å². The van der Waals surface area contributed by atoms with Crippen molar-refractivity contribution >= 4 is 16.6 Å². The maximum atomic E-state index is 4.31. The zero-order valence-corrected chi connectivity index (χ0v) is 11.4. The third kappa shape index (κ3) is 2.45. The molecule has 0 fully saturated rings. The summed E-state index contributed by atoms with van der Waals surface area (Å²) in [6, 6.07) is 12.1. The fourth-order valence-corrected chi connectivity index (χ4v) is 2.16. The van der Waals surface area contributed by atoms with Crippen LogP contribution in [0, 0.1) is 0 Å². The number of fused-ring (bicyclic) bond motifs is 1. The van der Waals surface area contributed by atoms with Crippen molar-refractivity contribution in [3.63, 3.8) is 0 Å². The van der Waals surface area contributed by atoms with E-state index in [0.717, 1.165) is 40.8 Å². The van der Waals surface area contributed by atoms with Gasteiger partial charge in [0.05, 0.1) is 5.69 Å². The summed E-state index contributed by atoms with van der Waals surface area (Å²) < 4.78 is 0. The third-order valence-electron chi connectivity index (χ3n) is 3.18. The fourth-order valence-electron chi connectivity index (χ4n) is 2.16. The summed E-state index contributed by atoms with van der Waals surface area (Å²) in [7, 11) is 0. The average molecular weight is 264 g/mol. The molecule has 0 aliphatic heterocycles. The number of pyridine rings is 1. The Morgan fingerprint density at radius 3 is 2.80 bits per heavy atom. The molecule has 1 N–H and O–H groups in total. The van der Waals surface area contributed by atoms with Crippen molar-refractivity contribution in [1.82, 2.24) is 15.2 Å². The lowest BCUT2D eigenvalue weighted by atomic mass is 10.0. The van der Waals surface area contributed by atoms with Gasteiger partial charge in [0, 0.05) is 29.9 Å². The largest absolute Gasteiger partial charge is 0.369 e. The van der Waals surface area contributed by atoms with Crippen molar-refractivity contribution in [3.05, 3.63) is 48.8 Å². The maximum absolute atomic E-state index is 4.31. The molecule has 20 heavy (non-hydrogen) atoms. The number of benzene rings is 1. The van der Waals surface area contributed by atoms with E-state index in [2.05, 4.69) is 33.5 Å². The highest BCUT2D eigenvalue weighted by atomic mass is 15.2. The number of nitrogens with one attached hydrogen (secondary N) is 1. The van der Waals surface area contributed by atoms with Gasteiger partial charge in [-0.2, -0.15) is 0 Å². The monoisotopic (exact) mass is 264 g/mol. The number of hydrogen-bond donors (Lipinski definition) is 1. The Labute approximate surface area is 117 Å².